The Labute approximate surface area is 142 Å². The predicted molar refractivity (Wildman–Crippen MR) is 91.3 cm³/mol. The van der Waals surface area contributed by atoms with Crippen LogP contribution in [0.2, 0.25) is 0 Å². The Balaban J connectivity index is 2.55. The number of benzene rings is 1. The molecule has 0 spiro atoms. The van der Waals surface area contributed by atoms with E-state index < -0.39 is 0 Å². The number of hydrogen-bond donors (Lipinski definition) is 1. The lowest BCUT2D eigenvalue weighted by Gasteiger charge is -2.20. The standard InChI is InChI=1S/C18H24N2O4/c1-4-5-10-20-17(22)15(13-8-6-7-9-14(13)24-3)16(18(20)23)19(2)11-12-21/h6-9,21H,4-5,10-12H2,1-3H3. The summed E-state index contributed by atoms with van der Waals surface area (Å²) >= 11 is 0. The van der Waals surface area contributed by atoms with Crippen LogP contribution in [0.25, 0.3) is 5.57 Å². The lowest BCUT2D eigenvalue weighted by Crippen LogP contribution is -2.35. The fourth-order valence-corrected chi connectivity index (χ4v) is 2.79. The summed E-state index contributed by atoms with van der Waals surface area (Å²) < 4.78 is 5.36. The van der Waals surface area contributed by atoms with Gasteiger partial charge in [-0.15, -0.1) is 0 Å². The Kier molecular flexibility index (Phi) is 5.98. The molecule has 130 valence electrons. The van der Waals surface area contributed by atoms with Gasteiger partial charge in [-0.05, 0) is 12.5 Å². The predicted octanol–water partition coefficient (Wildman–Crippen LogP) is 1.50. The second kappa shape index (κ2) is 7.97. The Bertz CT molecular complexity index is 654. The van der Waals surface area contributed by atoms with Crippen LogP contribution >= 0.6 is 0 Å². The van der Waals surface area contributed by atoms with Gasteiger partial charge in [0.25, 0.3) is 11.8 Å². The smallest absolute Gasteiger partial charge is 0.277 e. The molecule has 1 aromatic carbocycles. The van der Waals surface area contributed by atoms with E-state index >= 15 is 0 Å². The topological polar surface area (TPSA) is 70.1 Å². The normalized spacial score (nSPS) is 14.6. The number of likely N-dealkylation sites (N-methyl/N-ethyl adjacent to an activating group) is 1. The number of nitrogens with zero attached hydrogens (tertiary/aromatic N) is 2. The van der Waals surface area contributed by atoms with Gasteiger partial charge >= 0.3 is 0 Å². The first-order valence-corrected chi connectivity index (χ1v) is 8.12. The van der Waals surface area contributed by atoms with E-state index in [1.54, 1.807) is 30.1 Å². The number of carbonyl (C=O) groups excluding carboxylic acids is 2. The maximum absolute atomic E-state index is 12.9. The summed E-state index contributed by atoms with van der Waals surface area (Å²) in [5.74, 6) is -0.0797. The molecule has 2 rings (SSSR count). The molecule has 0 aromatic heterocycles. The van der Waals surface area contributed by atoms with E-state index in [0.717, 1.165) is 12.8 Å². The van der Waals surface area contributed by atoms with Gasteiger partial charge in [0.2, 0.25) is 0 Å². The largest absolute Gasteiger partial charge is 0.496 e. The van der Waals surface area contributed by atoms with Crippen LogP contribution in [-0.4, -0.2) is 60.6 Å². The first kappa shape index (κ1) is 18.0. The molecule has 2 amide bonds. The molecule has 0 saturated heterocycles. The van der Waals surface area contributed by atoms with Crippen molar-refractivity contribution in [2.24, 2.45) is 0 Å². The minimum atomic E-state index is -0.315. The van der Waals surface area contributed by atoms with Crippen molar-refractivity contribution in [1.82, 2.24) is 9.80 Å². The Hall–Kier alpha value is -2.34. The van der Waals surface area contributed by atoms with Gasteiger partial charge in [0.05, 0.1) is 19.3 Å². The zero-order chi connectivity index (χ0) is 17.7. The summed E-state index contributed by atoms with van der Waals surface area (Å²) in [4.78, 5) is 28.6. The molecule has 0 bridgehead atoms. The first-order valence-electron chi connectivity index (χ1n) is 8.12. The third-order valence-corrected chi connectivity index (χ3v) is 4.07. The van der Waals surface area contributed by atoms with Gasteiger partial charge in [-0.3, -0.25) is 14.5 Å². The molecule has 0 saturated carbocycles. The second-order valence-corrected chi connectivity index (χ2v) is 5.68. The molecule has 0 fully saturated rings. The number of methoxy groups -OCH3 is 1. The molecule has 6 nitrogen and oxygen atoms in total. The maximum Gasteiger partial charge on any atom is 0.277 e. The zero-order valence-corrected chi connectivity index (χ0v) is 14.4. The van der Waals surface area contributed by atoms with Crippen molar-refractivity contribution in [3.63, 3.8) is 0 Å². The molecule has 1 heterocycles. The number of rotatable bonds is 8. The Morgan fingerprint density at radius 3 is 2.54 bits per heavy atom. The molecule has 1 aliphatic rings. The van der Waals surface area contributed by atoms with Gasteiger partial charge in [-0.2, -0.15) is 0 Å². The molecule has 6 heteroatoms. The number of unbranched alkanes of at least 4 members (excludes halogenated alkanes) is 1. The first-order chi connectivity index (χ1) is 11.6. The van der Waals surface area contributed by atoms with E-state index in [0.29, 0.717) is 29.1 Å². The summed E-state index contributed by atoms with van der Waals surface area (Å²) in [6, 6.07) is 7.16. The molecular formula is C18H24N2O4. The molecule has 0 atom stereocenters. The third-order valence-electron chi connectivity index (χ3n) is 4.07. The molecule has 0 radical (unpaired) electrons. The second-order valence-electron chi connectivity index (χ2n) is 5.68. The minimum absolute atomic E-state index is 0.102. The number of imide groups is 1. The van der Waals surface area contributed by atoms with Crippen molar-refractivity contribution in [3.8, 4) is 5.75 Å². The molecule has 1 aromatic rings. The van der Waals surface area contributed by atoms with Crippen molar-refractivity contribution in [1.29, 1.82) is 0 Å². The van der Waals surface area contributed by atoms with Crippen LogP contribution < -0.4 is 4.74 Å². The number of aliphatic hydroxyl groups excluding tert-OH is 1. The molecule has 1 aliphatic heterocycles. The fraction of sp³-hybridized carbons (Fsp3) is 0.444. The van der Waals surface area contributed by atoms with Gasteiger partial charge in [0.1, 0.15) is 11.4 Å². The van der Waals surface area contributed by atoms with Crippen molar-refractivity contribution in [3.05, 3.63) is 35.5 Å². The van der Waals surface area contributed by atoms with E-state index in [4.69, 9.17) is 4.74 Å². The molecular weight excluding hydrogens is 308 g/mol. The number of para-hydroxylation sites is 1. The lowest BCUT2D eigenvalue weighted by atomic mass is 10.0. The van der Waals surface area contributed by atoms with E-state index in [1.165, 1.54) is 12.0 Å². The quantitative estimate of drug-likeness (QED) is 0.731. The lowest BCUT2D eigenvalue weighted by molar-refractivity contribution is -0.137. The summed E-state index contributed by atoms with van der Waals surface area (Å²) in [6.07, 6.45) is 1.65. The van der Waals surface area contributed by atoms with Gasteiger partial charge in [0.15, 0.2) is 0 Å². The summed E-state index contributed by atoms with van der Waals surface area (Å²) in [6.45, 7) is 2.58. The minimum Gasteiger partial charge on any atom is -0.496 e. The van der Waals surface area contributed by atoms with Crippen molar-refractivity contribution in [2.45, 2.75) is 19.8 Å². The molecule has 1 N–H and O–H groups in total. The van der Waals surface area contributed by atoms with E-state index in [2.05, 4.69) is 0 Å². The van der Waals surface area contributed by atoms with Gasteiger partial charge in [-0.1, -0.05) is 31.5 Å². The van der Waals surface area contributed by atoms with Gasteiger partial charge in [-0.25, -0.2) is 0 Å². The highest BCUT2D eigenvalue weighted by Crippen LogP contribution is 2.35. The molecule has 0 unspecified atom stereocenters. The summed E-state index contributed by atoms with van der Waals surface area (Å²) in [7, 11) is 3.24. The number of ether oxygens (including phenoxy) is 1. The van der Waals surface area contributed by atoms with Crippen molar-refractivity contribution < 1.29 is 19.4 Å². The van der Waals surface area contributed by atoms with Crippen LogP contribution in [-0.2, 0) is 9.59 Å². The van der Waals surface area contributed by atoms with E-state index in [9.17, 15) is 14.7 Å². The molecule has 24 heavy (non-hydrogen) atoms. The maximum atomic E-state index is 12.9. The van der Waals surface area contributed by atoms with E-state index in [1.807, 2.05) is 13.0 Å². The summed E-state index contributed by atoms with van der Waals surface area (Å²) in [5.41, 5.74) is 1.25. The fourth-order valence-electron chi connectivity index (χ4n) is 2.79. The SMILES string of the molecule is CCCCN1C(=O)C(c2ccccc2OC)=C(N(C)CCO)C1=O. The number of amides is 2. The van der Waals surface area contributed by atoms with Crippen LogP contribution in [0.5, 0.6) is 5.75 Å². The van der Waals surface area contributed by atoms with Crippen molar-refractivity contribution in [2.75, 3.05) is 33.9 Å². The third kappa shape index (κ3) is 3.28. The number of aliphatic hydroxyl groups is 1. The zero-order valence-electron chi connectivity index (χ0n) is 14.4. The number of carbonyl (C=O) groups is 2. The van der Waals surface area contributed by atoms with E-state index in [-0.39, 0.29) is 25.0 Å². The average molecular weight is 332 g/mol. The highest BCUT2D eigenvalue weighted by molar-refractivity contribution is 6.36. The van der Waals surface area contributed by atoms with Crippen LogP contribution in [0.15, 0.2) is 30.0 Å². The average Bonchev–Trinajstić information content (AvgIpc) is 2.83. The van der Waals surface area contributed by atoms with Gasteiger partial charge in [0, 0.05) is 25.7 Å². The summed E-state index contributed by atoms with van der Waals surface area (Å²) in [5, 5.41) is 9.22. The van der Waals surface area contributed by atoms with Crippen LogP contribution in [0.3, 0.4) is 0 Å². The monoisotopic (exact) mass is 332 g/mol. The van der Waals surface area contributed by atoms with Crippen LogP contribution in [0, 0.1) is 0 Å². The van der Waals surface area contributed by atoms with Crippen molar-refractivity contribution >= 4 is 17.4 Å². The Morgan fingerprint density at radius 1 is 1.21 bits per heavy atom. The highest BCUT2D eigenvalue weighted by atomic mass is 16.5. The van der Waals surface area contributed by atoms with Gasteiger partial charge < -0.3 is 14.7 Å². The van der Waals surface area contributed by atoms with Crippen LogP contribution in [0.4, 0.5) is 0 Å². The molecule has 0 aliphatic carbocycles. The Morgan fingerprint density at radius 2 is 1.92 bits per heavy atom. The van der Waals surface area contributed by atoms with Crippen LogP contribution in [0.1, 0.15) is 25.3 Å². The highest BCUT2D eigenvalue weighted by Gasteiger charge is 2.41. The number of hydrogen-bond acceptors (Lipinski definition) is 5.